The highest BCUT2D eigenvalue weighted by molar-refractivity contribution is 5.91. The van der Waals surface area contributed by atoms with Crippen molar-refractivity contribution in [2.75, 3.05) is 13.1 Å². The number of nitrogens with zero attached hydrogens (tertiary/aromatic N) is 6. The van der Waals surface area contributed by atoms with Gasteiger partial charge in [0.05, 0.1) is 25.0 Å². The summed E-state index contributed by atoms with van der Waals surface area (Å²) in [7, 11) is 0. The third-order valence-electron chi connectivity index (χ3n) is 4.50. The second-order valence-electron chi connectivity index (χ2n) is 6.08. The van der Waals surface area contributed by atoms with E-state index in [1.807, 2.05) is 4.68 Å². The zero-order valence-electron chi connectivity index (χ0n) is 13.2. The Hall–Kier alpha value is -2.71. The maximum atomic E-state index is 12.5. The van der Waals surface area contributed by atoms with Crippen molar-refractivity contribution in [2.24, 2.45) is 0 Å². The van der Waals surface area contributed by atoms with Crippen LogP contribution in [0, 0.1) is 0 Å². The third-order valence-corrected chi connectivity index (χ3v) is 4.50. The highest BCUT2D eigenvalue weighted by atomic mass is 16.5. The number of carbonyl (C=O) groups is 2. The summed E-state index contributed by atoms with van der Waals surface area (Å²) in [6.07, 6.45) is 3.73. The molecule has 0 saturated carbocycles. The first-order valence-electron chi connectivity index (χ1n) is 8.11. The van der Waals surface area contributed by atoms with E-state index in [-0.39, 0.29) is 17.6 Å². The van der Waals surface area contributed by atoms with Crippen LogP contribution in [0.4, 0.5) is 0 Å². The number of likely N-dealkylation sites (tertiary alicyclic amines) is 1. The van der Waals surface area contributed by atoms with Gasteiger partial charge in [0.15, 0.2) is 0 Å². The average Bonchev–Trinajstić information content (AvgIpc) is 3.29. The zero-order chi connectivity index (χ0) is 16.5. The molecule has 2 amide bonds. The normalized spacial score (nSPS) is 17.9. The molecular weight excluding hydrogens is 312 g/mol. The van der Waals surface area contributed by atoms with Crippen LogP contribution in [0.1, 0.15) is 41.2 Å². The van der Waals surface area contributed by atoms with Gasteiger partial charge < -0.3 is 14.3 Å². The molecule has 2 aromatic rings. The van der Waals surface area contributed by atoms with Gasteiger partial charge in [-0.2, -0.15) is 0 Å². The van der Waals surface area contributed by atoms with Crippen LogP contribution in [0.3, 0.4) is 0 Å². The van der Waals surface area contributed by atoms with Gasteiger partial charge in [-0.05, 0) is 12.8 Å². The van der Waals surface area contributed by atoms with Crippen LogP contribution in [0.2, 0.25) is 0 Å². The minimum Gasteiger partial charge on any atom is -0.351 e. The molecule has 2 aliphatic heterocycles. The van der Waals surface area contributed by atoms with E-state index in [1.54, 1.807) is 15.9 Å². The molecule has 0 aromatic carbocycles. The van der Waals surface area contributed by atoms with E-state index in [1.165, 1.54) is 6.20 Å². The van der Waals surface area contributed by atoms with Crippen molar-refractivity contribution in [3.8, 4) is 0 Å². The molecule has 0 aliphatic carbocycles. The Morgan fingerprint density at radius 3 is 2.92 bits per heavy atom. The Kier molecular flexibility index (Phi) is 3.75. The Morgan fingerprint density at radius 1 is 1.25 bits per heavy atom. The van der Waals surface area contributed by atoms with E-state index in [0.29, 0.717) is 32.6 Å². The summed E-state index contributed by atoms with van der Waals surface area (Å²) in [6, 6.07) is 1.56. The summed E-state index contributed by atoms with van der Waals surface area (Å²) in [6.45, 7) is 2.94. The molecule has 4 heterocycles. The van der Waals surface area contributed by atoms with Gasteiger partial charge in [-0.1, -0.05) is 10.4 Å². The molecule has 2 aromatic heterocycles. The summed E-state index contributed by atoms with van der Waals surface area (Å²) < 4.78 is 6.82. The van der Waals surface area contributed by atoms with Gasteiger partial charge in [0.2, 0.25) is 11.7 Å². The summed E-state index contributed by atoms with van der Waals surface area (Å²) in [5, 5.41) is 12.0. The van der Waals surface area contributed by atoms with Gasteiger partial charge in [0.25, 0.3) is 5.91 Å². The Bertz CT molecular complexity index is 753. The van der Waals surface area contributed by atoms with E-state index >= 15 is 0 Å². The van der Waals surface area contributed by atoms with Crippen molar-refractivity contribution in [2.45, 2.75) is 38.9 Å². The summed E-state index contributed by atoms with van der Waals surface area (Å²) in [5.41, 5.74) is 1.66. The van der Waals surface area contributed by atoms with Gasteiger partial charge in [-0.25, -0.2) is 4.68 Å². The second kappa shape index (κ2) is 6.06. The fourth-order valence-electron chi connectivity index (χ4n) is 3.22. The third kappa shape index (κ3) is 2.66. The molecular formula is C15H18N6O3. The van der Waals surface area contributed by atoms with Crippen molar-refractivity contribution >= 4 is 11.8 Å². The predicted molar refractivity (Wildman–Crippen MR) is 80.5 cm³/mol. The number of aromatic nitrogens is 4. The molecule has 9 heteroatoms. The van der Waals surface area contributed by atoms with Gasteiger partial charge in [-0.3, -0.25) is 9.59 Å². The van der Waals surface area contributed by atoms with Crippen molar-refractivity contribution in [3.63, 3.8) is 0 Å². The minimum atomic E-state index is -0.189. The molecule has 0 atom stereocenters. The fraction of sp³-hybridized carbons (Fsp3) is 0.533. The maximum absolute atomic E-state index is 12.5. The summed E-state index contributed by atoms with van der Waals surface area (Å²) in [5.74, 6) is 0.192. The van der Waals surface area contributed by atoms with Gasteiger partial charge in [0.1, 0.15) is 5.69 Å². The monoisotopic (exact) mass is 330 g/mol. The summed E-state index contributed by atoms with van der Waals surface area (Å²) in [4.78, 5) is 27.9. The van der Waals surface area contributed by atoms with Gasteiger partial charge >= 0.3 is 0 Å². The van der Waals surface area contributed by atoms with Crippen molar-refractivity contribution in [1.82, 2.24) is 30.0 Å². The average molecular weight is 330 g/mol. The SMILES string of the molecule is O=C1CCCN1Cc1nnn2c1CN(C(=O)c1ccno1)CCC2. The number of rotatable bonds is 3. The first-order chi connectivity index (χ1) is 11.7. The Morgan fingerprint density at radius 2 is 2.17 bits per heavy atom. The standard InChI is InChI=1S/C15H18N6O3/c22-14-3-1-6-19(14)9-11-12-10-20(7-2-8-21(12)18-17-11)15(23)13-4-5-16-24-13/h4-5H,1-3,6-10H2. The zero-order valence-corrected chi connectivity index (χ0v) is 13.2. The number of hydrogen-bond acceptors (Lipinski definition) is 6. The van der Waals surface area contributed by atoms with E-state index in [2.05, 4.69) is 15.5 Å². The fourth-order valence-corrected chi connectivity index (χ4v) is 3.22. The Balaban J connectivity index is 1.56. The number of hydrogen-bond donors (Lipinski definition) is 0. The molecule has 2 aliphatic rings. The molecule has 1 saturated heterocycles. The van der Waals surface area contributed by atoms with Crippen LogP contribution in [0.25, 0.3) is 0 Å². The molecule has 1 fully saturated rings. The highest BCUT2D eigenvalue weighted by Crippen LogP contribution is 2.20. The highest BCUT2D eigenvalue weighted by Gasteiger charge is 2.28. The van der Waals surface area contributed by atoms with Crippen LogP contribution >= 0.6 is 0 Å². The van der Waals surface area contributed by atoms with Crippen LogP contribution in [-0.4, -0.2) is 54.9 Å². The molecule has 0 bridgehead atoms. The number of amides is 2. The van der Waals surface area contributed by atoms with Crippen LogP contribution in [0.15, 0.2) is 16.8 Å². The lowest BCUT2D eigenvalue weighted by atomic mass is 10.2. The summed E-state index contributed by atoms with van der Waals surface area (Å²) >= 11 is 0. The van der Waals surface area contributed by atoms with Crippen molar-refractivity contribution < 1.29 is 14.1 Å². The molecule has 0 N–H and O–H groups in total. The van der Waals surface area contributed by atoms with E-state index < -0.39 is 0 Å². The van der Waals surface area contributed by atoms with Gasteiger partial charge in [0, 0.05) is 32.1 Å². The predicted octanol–water partition coefficient (Wildman–Crippen LogP) is 0.435. The largest absolute Gasteiger partial charge is 0.351 e. The first kappa shape index (κ1) is 14.9. The lowest BCUT2D eigenvalue weighted by Crippen LogP contribution is -2.31. The first-order valence-corrected chi connectivity index (χ1v) is 8.11. The van der Waals surface area contributed by atoms with Crippen LogP contribution < -0.4 is 0 Å². The number of fused-ring (bicyclic) bond motifs is 1. The quantitative estimate of drug-likeness (QED) is 0.810. The van der Waals surface area contributed by atoms with E-state index in [4.69, 9.17) is 4.52 Å². The Labute approximate surface area is 138 Å². The smallest absolute Gasteiger partial charge is 0.292 e. The van der Waals surface area contributed by atoms with Crippen molar-refractivity contribution in [1.29, 1.82) is 0 Å². The minimum absolute atomic E-state index is 0.153. The maximum Gasteiger partial charge on any atom is 0.292 e. The molecule has 126 valence electrons. The van der Waals surface area contributed by atoms with Crippen LogP contribution in [-0.2, 0) is 24.4 Å². The van der Waals surface area contributed by atoms with Crippen molar-refractivity contribution in [3.05, 3.63) is 29.4 Å². The molecule has 24 heavy (non-hydrogen) atoms. The molecule has 0 spiro atoms. The van der Waals surface area contributed by atoms with E-state index in [9.17, 15) is 9.59 Å². The molecule has 4 rings (SSSR count). The van der Waals surface area contributed by atoms with Gasteiger partial charge in [-0.15, -0.1) is 5.10 Å². The lowest BCUT2D eigenvalue weighted by molar-refractivity contribution is -0.128. The second-order valence-corrected chi connectivity index (χ2v) is 6.08. The molecule has 0 radical (unpaired) electrons. The lowest BCUT2D eigenvalue weighted by Gasteiger charge is -2.19. The number of carbonyl (C=O) groups excluding carboxylic acids is 2. The van der Waals surface area contributed by atoms with E-state index in [0.717, 1.165) is 30.8 Å². The number of aryl methyl sites for hydroxylation is 1. The molecule has 9 nitrogen and oxygen atoms in total. The van der Waals surface area contributed by atoms with Crippen LogP contribution in [0.5, 0.6) is 0 Å². The topological polar surface area (TPSA) is 97.4 Å². The molecule has 0 unspecified atom stereocenters.